The molecule has 1 rings (SSSR count). The molecule has 0 aromatic carbocycles. The van der Waals surface area contributed by atoms with E-state index in [0.717, 1.165) is 44.8 Å². The summed E-state index contributed by atoms with van der Waals surface area (Å²) in [4.78, 5) is 0. The highest BCUT2D eigenvalue weighted by Gasteiger charge is 2.10. The highest BCUT2D eigenvalue weighted by molar-refractivity contribution is 5.24. The molecule has 4 nitrogen and oxygen atoms in total. The molecule has 4 heteroatoms. The van der Waals surface area contributed by atoms with Crippen LogP contribution in [0.5, 0.6) is 0 Å². The molecule has 0 saturated carbocycles. The van der Waals surface area contributed by atoms with Gasteiger partial charge in [-0.1, -0.05) is 6.08 Å². The minimum atomic E-state index is 0.760. The lowest BCUT2D eigenvalue weighted by atomic mass is 10.1. The largest absolute Gasteiger partial charge is 0.383 e. The lowest BCUT2D eigenvalue weighted by molar-refractivity contribution is 0.199. The van der Waals surface area contributed by atoms with Gasteiger partial charge < -0.3 is 10.1 Å². The van der Waals surface area contributed by atoms with Crippen molar-refractivity contribution in [1.29, 1.82) is 0 Å². The van der Waals surface area contributed by atoms with Gasteiger partial charge in [0.1, 0.15) is 0 Å². The first-order valence-corrected chi connectivity index (χ1v) is 6.54. The second-order valence-corrected chi connectivity index (χ2v) is 4.44. The normalized spacial score (nSPS) is 10.8. The van der Waals surface area contributed by atoms with Crippen molar-refractivity contribution in [3.05, 3.63) is 29.6 Å². The van der Waals surface area contributed by atoms with Gasteiger partial charge in [-0.05, 0) is 38.8 Å². The van der Waals surface area contributed by atoms with Gasteiger partial charge in [-0.25, -0.2) is 0 Å². The third-order valence-corrected chi connectivity index (χ3v) is 3.11. The highest BCUT2D eigenvalue weighted by atomic mass is 16.5. The summed E-state index contributed by atoms with van der Waals surface area (Å²) in [6, 6.07) is 0. The number of aromatic nitrogens is 2. The van der Waals surface area contributed by atoms with E-state index < -0.39 is 0 Å². The van der Waals surface area contributed by atoms with E-state index in [4.69, 9.17) is 4.74 Å². The lowest BCUT2D eigenvalue weighted by Gasteiger charge is -2.05. The number of hydrogen-bond donors (Lipinski definition) is 1. The first-order valence-electron chi connectivity index (χ1n) is 6.54. The minimum Gasteiger partial charge on any atom is -0.383 e. The summed E-state index contributed by atoms with van der Waals surface area (Å²) in [5.41, 5.74) is 3.79. The van der Waals surface area contributed by atoms with Crippen molar-refractivity contribution in [2.24, 2.45) is 0 Å². The van der Waals surface area contributed by atoms with Crippen LogP contribution in [0, 0.1) is 13.8 Å². The second kappa shape index (κ2) is 8.06. The molecule has 0 unspecified atom stereocenters. The van der Waals surface area contributed by atoms with E-state index in [0.29, 0.717) is 0 Å². The van der Waals surface area contributed by atoms with Crippen LogP contribution < -0.4 is 5.32 Å². The Morgan fingerprint density at radius 2 is 2.17 bits per heavy atom. The van der Waals surface area contributed by atoms with Gasteiger partial charge in [0.05, 0.1) is 12.3 Å². The molecule has 0 aliphatic heterocycles. The predicted octanol–water partition coefficient (Wildman–Crippen LogP) is 1.85. The molecule has 0 aliphatic carbocycles. The van der Waals surface area contributed by atoms with E-state index in [1.54, 1.807) is 7.11 Å². The summed E-state index contributed by atoms with van der Waals surface area (Å²) in [6.07, 6.45) is 3.92. The van der Waals surface area contributed by atoms with Crippen molar-refractivity contribution in [2.75, 3.05) is 26.8 Å². The number of methoxy groups -OCH3 is 1. The summed E-state index contributed by atoms with van der Waals surface area (Å²) in [6.45, 7) is 11.5. The summed E-state index contributed by atoms with van der Waals surface area (Å²) >= 11 is 0. The molecule has 0 saturated heterocycles. The Kier molecular flexibility index (Phi) is 6.68. The van der Waals surface area contributed by atoms with Crippen LogP contribution in [0.2, 0.25) is 0 Å². The Balaban J connectivity index is 2.49. The maximum absolute atomic E-state index is 5.00. The van der Waals surface area contributed by atoms with E-state index in [1.165, 1.54) is 11.3 Å². The number of nitrogens with one attached hydrogen (secondary N) is 1. The molecule has 0 atom stereocenters. The van der Waals surface area contributed by atoms with Crippen LogP contribution in [0.4, 0.5) is 0 Å². The number of allylic oxidation sites excluding steroid dienone is 1. The van der Waals surface area contributed by atoms with Gasteiger partial charge in [-0.15, -0.1) is 6.58 Å². The molecule has 0 amide bonds. The van der Waals surface area contributed by atoms with Crippen molar-refractivity contribution in [2.45, 2.75) is 33.2 Å². The van der Waals surface area contributed by atoms with Crippen molar-refractivity contribution in [3.8, 4) is 0 Å². The van der Waals surface area contributed by atoms with Crippen molar-refractivity contribution < 1.29 is 4.74 Å². The third-order valence-electron chi connectivity index (χ3n) is 3.11. The molecule has 1 N–H and O–H groups in total. The zero-order chi connectivity index (χ0) is 13.4. The SMILES string of the molecule is C=CCCn1nc(C)c(CCNCCOC)c1C. The number of aryl methyl sites for hydroxylation is 2. The van der Waals surface area contributed by atoms with Gasteiger partial charge in [0.15, 0.2) is 0 Å². The minimum absolute atomic E-state index is 0.760. The number of hydrogen-bond acceptors (Lipinski definition) is 3. The van der Waals surface area contributed by atoms with E-state index in [9.17, 15) is 0 Å². The number of ether oxygens (including phenoxy) is 1. The number of rotatable bonds is 9. The molecule has 18 heavy (non-hydrogen) atoms. The Hall–Kier alpha value is -1.13. The van der Waals surface area contributed by atoms with E-state index in [1.807, 2.05) is 6.08 Å². The molecule has 0 radical (unpaired) electrons. The maximum Gasteiger partial charge on any atom is 0.0628 e. The molecular formula is C14H25N3O. The third kappa shape index (κ3) is 4.27. The quantitative estimate of drug-likeness (QED) is 0.538. The van der Waals surface area contributed by atoms with Gasteiger partial charge in [0, 0.05) is 25.9 Å². The fourth-order valence-electron chi connectivity index (χ4n) is 2.04. The smallest absolute Gasteiger partial charge is 0.0628 e. The van der Waals surface area contributed by atoms with Gasteiger partial charge in [-0.2, -0.15) is 5.10 Å². The van der Waals surface area contributed by atoms with Gasteiger partial charge >= 0.3 is 0 Å². The second-order valence-electron chi connectivity index (χ2n) is 4.44. The lowest BCUT2D eigenvalue weighted by Crippen LogP contribution is -2.22. The van der Waals surface area contributed by atoms with Crippen LogP contribution in [0.25, 0.3) is 0 Å². The van der Waals surface area contributed by atoms with Gasteiger partial charge in [0.2, 0.25) is 0 Å². The summed E-state index contributed by atoms with van der Waals surface area (Å²) in [5, 5.41) is 7.94. The van der Waals surface area contributed by atoms with Gasteiger partial charge in [0.25, 0.3) is 0 Å². The number of nitrogens with zero attached hydrogens (tertiary/aromatic N) is 2. The fourth-order valence-corrected chi connectivity index (χ4v) is 2.04. The summed E-state index contributed by atoms with van der Waals surface area (Å²) < 4.78 is 7.09. The molecule has 1 heterocycles. The van der Waals surface area contributed by atoms with Crippen LogP contribution >= 0.6 is 0 Å². The predicted molar refractivity (Wildman–Crippen MR) is 75.0 cm³/mol. The van der Waals surface area contributed by atoms with Crippen molar-refractivity contribution in [3.63, 3.8) is 0 Å². The van der Waals surface area contributed by atoms with Crippen LogP contribution in [0.1, 0.15) is 23.4 Å². The van der Waals surface area contributed by atoms with E-state index in [2.05, 4.69) is 35.5 Å². The Bertz CT molecular complexity index is 371. The first kappa shape index (κ1) is 14.9. The van der Waals surface area contributed by atoms with Crippen molar-refractivity contribution in [1.82, 2.24) is 15.1 Å². The molecule has 0 fully saturated rings. The average Bonchev–Trinajstić information content (AvgIpc) is 2.63. The van der Waals surface area contributed by atoms with Crippen LogP contribution in [0.3, 0.4) is 0 Å². The fraction of sp³-hybridized carbons (Fsp3) is 0.643. The molecule has 1 aromatic heterocycles. The first-order chi connectivity index (χ1) is 8.70. The average molecular weight is 251 g/mol. The molecule has 0 aliphatic rings. The summed E-state index contributed by atoms with van der Waals surface area (Å²) in [7, 11) is 1.72. The highest BCUT2D eigenvalue weighted by Crippen LogP contribution is 2.13. The van der Waals surface area contributed by atoms with Crippen molar-refractivity contribution >= 4 is 0 Å². The topological polar surface area (TPSA) is 39.1 Å². The Labute approximate surface area is 110 Å². The standard InChI is InChI=1S/C14H25N3O/c1-5-6-10-17-13(3)14(12(2)16-17)7-8-15-9-11-18-4/h5,15H,1,6-11H2,2-4H3. The van der Waals surface area contributed by atoms with Crippen LogP contribution in [0.15, 0.2) is 12.7 Å². The van der Waals surface area contributed by atoms with Crippen LogP contribution in [-0.2, 0) is 17.7 Å². The maximum atomic E-state index is 5.00. The summed E-state index contributed by atoms with van der Waals surface area (Å²) in [5.74, 6) is 0. The van der Waals surface area contributed by atoms with E-state index in [-0.39, 0.29) is 0 Å². The van der Waals surface area contributed by atoms with E-state index >= 15 is 0 Å². The molecule has 0 bridgehead atoms. The Morgan fingerprint density at radius 3 is 2.83 bits per heavy atom. The Morgan fingerprint density at radius 1 is 1.39 bits per heavy atom. The molecule has 1 aromatic rings. The zero-order valence-corrected chi connectivity index (χ0v) is 11.8. The van der Waals surface area contributed by atoms with Crippen LogP contribution in [-0.4, -0.2) is 36.6 Å². The zero-order valence-electron chi connectivity index (χ0n) is 11.8. The molecule has 102 valence electrons. The molecule has 0 spiro atoms. The monoisotopic (exact) mass is 251 g/mol. The molecular weight excluding hydrogens is 226 g/mol. The van der Waals surface area contributed by atoms with Gasteiger partial charge in [-0.3, -0.25) is 4.68 Å².